The van der Waals surface area contributed by atoms with Gasteiger partial charge in [-0.3, -0.25) is 0 Å². The second kappa shape index (κ2) is 10.6. The Hall–Kier alpha value is -5.66. The van der Waals surface area contributed by atoms with Crippen molar-refractivity contribution in [1.29, 1.82) is 0 Å². The molecule has 0 saturated carbocycles. The minimum absolute atomic E-state index is 1.18. The number of nitrogens with zero attached hydrogens (tertiary/aromatic N) is 1. The molecule has 8 aromatic rings. The van der Waals surface area contributed by atoms with Crippen molar-refractivity contribution in [2.24, 2.45) is 0 Å². The lowest BCUT2D eigenvalue weighted by molar-refractivity contribution is 1.18. The molecule has 0 spiro atoms. The molecule has 0 bridgehead atoms. The summed E-state index contributed by atoms with van der Waals surface area (Å²) in [5.74, 6) is 0. The van der Waals surface area contributed by atoms with E-state index in [-0.39, 0.29) is 0 Å². The van der Waals surface area contributed by atoms with Gasteiger partial charge in [-0.1, -0.05) is 158 Å². The molecule has 0 unspecified atom stereocenters. The molecular weight excluding hydrogens is 518 g/mol. The molecule has 43 heavy (non-hydrogen) atoms. The first-order valence-corrected chi connectivity index (χ1v) is 14.8. The Morgan fingerprint density at radius 3 is 1.14 bits per heavy atom. The molecule has 0 atom stereocenters. The molecule has 0 aliphatic rings. The average molecular weight is 548 g/mol. The van der Waals surface area contributed by atoms with Crippen LogP contribution in [0.4, 0.5) is 0 Å². The third-order valence-electron chi connectivity index (χ3n) is 8.46. The maximum Gasteiger partial charge on any atom is 0.0541 e. The molecule has 1 heterocycles. The Morgan fingerprint density at radius 1 is 0.256 bits per heavy atom. The lowest BCUT2D eigenvalue weighted by atomic mass is 9.86. The topological polar surface area (TPSA) is 4.93 Å². The van der Waals surface area contributed by atoms with Gasteiger partial charge in [-0.25, -0.2) is 0 Å². The van der Waals surface area contributed by atoms with Crippen LogP contribution in [0.3, 0.4) is 0 Å². The Bertz CT molecular complexity index is 2180. The van der Waals surface area contributed by atoms with E-state index in [1.807, 2.05) is 0 Å². The third-order valence-corrected chi connectivity index (χ3v) is 8.46. The van der Waals surface area contributed by atoms with Gasteiger partial charge in [0.15, 0.2) is 0 Å². The number of hydrogen-bond acceptors (Lipinski definition) is 0. The van der Waals surface area contributed by atoms with E-state index in [0.29, 0.717) is 0 Å². The van der Waals surface area contributed by atoms with Crippen molar-refractivity contribution < 1.29 is 0 Å². The van der Waals surface area contributed by atoms with Crippen molar-refractivity contribution in [3.05, 3.63) is 176 Å². The van der Waals surface area contributed by atoms with Gasteiger partial charge in [0.1, 0.15) is 0 Å². The van der Waals surface area contributed by atoms with Gasteiger partial charge in [0, 0.05) is 16.3 Å². The van der Waals surface area contributed by atoms with Crippen molar-refractivity contribution in [3.8, 4) is 50.2 Å². The summed E-state index contributed by atoms with van der Waals surface area (Å²) in [7, 11) is 0. The van der Waals surface area contributed by atoms with Crippen molar-refractivity contribution >= 4 is 21.8 Å². The predicted octanol–water partition coefficient (Wildman–Crippen LogP) is 11.5. The van der Waals surface area contributed by atoms with Crippen LogP contribution in [-0.4, -0.2) is 4.57 Å². The van der Waals surface area contributed by atoms with Gasteiger partial charge in [0.05, 0.1) is 16.7 Å². The molecule has 0 N–H and O–H groups in total. The fourth-order valence-corrected chi connectivity index (χ4v) is 6.57. The molecule has 8 rings (SSSR count). The highest BCUT2D eigenvalue weighted by Crippen LogP contribution is 2.43. The van der Waals surface area contributed by atoms with E-state index in [9.17, 15) is 0 Å². The summed E-state index contributed by atoms with van der Waals surface area (Å²) in [5, 5.41) is 2.54. The van der Waals surface area contributed by atoms with Crippen LogP contribution in [0.1, 0.15) is 0 Å². The van der Waals surface area contributed by atoms with Gasteiger partial charge in [0.25, 0.3) is 0 Å². The number of fused-ring (bicyclic) bond motifs is 3. The van der Waals surface area contributed by atoms with Crippen LogP contribution in [0.25, 0.3) is 72.0 Å². The van der Waals surface area contributed by atoms with Crippen LogP contribution in [-0.2, 0) is 0 Å². The zero-order valence-corrected chi connectivity index (χ0v) is 23.7. The fraction of sp³-hybridized carbons (Fsp3) is 0. The van der Waals surface area contributed by atoms with Crippen LogP contribution in [0.15, 0.2) is 176 Å². The standard InChI is InChI=1S/C42H29N/c1-2-16-30(17-3-1)31-18-4-5-19-32(31)33-20-6-7-21-34(33)35-22-8-9-23-36(35)37-24-10-13-27-40(37)43-41-28-14-11-25-38(41)39-26-12-15-29-42(39)43/h1-29H. The van der Waals surface area contributed by atoms with E-state index in [4.69, 9.17) is 0 Å². The highest BCUT2D eigenvalue weighted by Gasteiger charge is 2.19. The fourth-order valence-electron chi connectivity index (χ4n) is 6.57. The van der Waals surface area contributed by atoms with Gasteiger partial charge < -0.3 is 4.57 Å². The minimum atomic E-state index is 1.18. The summed E-state index contributed by atoms with van der Waals surface area (Å²) in [6.45, 7) is 0. The first kappa shape index (κ1) is 25.1. The van der Waals surface area contributed by atoms with Crippen LogP contribution < -0.4 is 0 Å². The number of rotatable bonds is 5. The lowest BCUT2D eigenvalue weighted by Crippen LogP contribution is -1.98. The van der Waals surface area contributed by atoms with Crippen LogP contribution in [0.5, 0.6) is 0 Å². The maximum absolute atomic E-state index is 2.42. The van der Waals surface area contributed by atoms with Crippen molar-refractivity contribution in [2.45, 2.75) is 0 Å². The molecule has 0 saturated heterocycles. The van der Waals surface area contributed by atoms with E-state index in [1.54, 1.807) is 0 Å². The normalized spacial score (nSPS) is 11.3. The molecule has 0 aliphatic carbocycles. The van der Waals surface area contributed by atoms with Gasteiger partial charge >= 0.3 is 0 Å². The SMILES string of the molecule is c1ccc(-c2ccccc2-c2ccccc2-c2ccccc2-c2ccccc2-n2c3ccccc3c3ccccc32)cc1. The summed E-state index contributed by atoms with van der Waals surface area (Å²) in [6.07, 6.45) is 0. The summed E-state index contributed by atoms with van der Waals surface area (Å²) in [6, 6.07) is 63.3. The maximum atomic E-state index is 2.42. The molecule has 0 radical (unpaired) electrons. The molecular formula is C42H29N. The molecule has 1 aromatic heterocycles. The second-order valence-corrected chi connectivity index (χ2v) is 10.9. The number of aromatic nitrogens is 1. The molecule has 0 fully saturated rings. The highest BCUT2D eigenvalue weighted by molar-refractivity contribution is 6.10. The van der Waals surface area contributed by atoms with E-state index in [0.717, 1.165) is 0 Å². The van der Waals surface area contributed by atoms with E-state index in [1.165, 1.54) is 72.0 Å². The third kappa shape index (κ3) is 4.26. The Kier molecular flexibility index (Phi) is 6.20. The molecule has 1 heteroatoms. The van der Waals surface area contributed by atoms with Crippen molar-refractivity contribution in [2.75, 3.05) is 0 Å². The lowest BCUT2D eigenvalue weighted by Gasteiger charge is -2.19. The van der Waals surface area contributed by atoms with Gasteiger partial charge in [-0.2, -0.15) is 0 Å². The van der Waals surface area contributed by atoms with Crippen molar-refractivity contribution in [3.63, 3.8) is 0 Å². The van der Waals surface area contributed by atoms with E-state index >= 15 is 0 Å². The van der Waals surface area contributed by atoms with Crippen molar-refractivity contribution in [1.82, 2.24) is 4.57 Å². The van der Waals surface area contributed by atoms with Crippen LogP contribution >= 0.6 is 0 Å². The number of hydrogen-bond donors (Lipinski definition) is 0. The summed E-state index contributed by atoms with van der Waals surface area (Å²) >= 11 is 0. The largest absolute Gasteiger partial charge is 0.309 e. The molecule has 202 valence electrons. The predicted molar refractivity (Wildman–Crippen MR) is 183 cm³/mol. The second-order valence-electron chi connectivity index (χ2n) is 10.9. The smallest absolute Gasteiger partial charge is 0.0541 e. The van der Waals surface area contributed by atoms with Gasteiger partial charge in [-0.15, -0.1) is 0 Å². The Morgan fingerprint density at radius 2 is 0.605 bits per heavy atom. The quantitative estimate of drug-likeness (QED) is 0.202. The minimum Gasteiger partial charge on any atom is -0.309 e. The highest BCUT2D eigenvalue weighted by atomic mass is 15.0. The number of para-hydroxylation sites is 3. The first-order chi connectivity index (χ1) is 21.4. The van der Waals surface area contributed by atoms with Crippen LogP contribution in [0.2, 0.25) is 0 Å². The molecule has 1 nitrogen and oxygen atoms in total. The van der Waals surface area contributed by atoms with E-state index < -0.39 is 0 Å². The molecule has 0 aliphatic heterocycles. The summed E-state index contributed by atoms with van der Waals surface area (Å²) in [4.78, 5) is 0. The van der Waals surface area contributed by atoms with E-state index in [2.05, 4.69) is 180 Å². The Labute approximate surface area is 251 Å². The Balaban J connectivity index is 1.37. The average Bonchev–Trinajstić information content (AvgIpc) is 3.43. The molecule has 7 aromatic carbocycles. The summed E-state index contributed by atoms with van der Waals surface area (Å²) in [5.41, 5.74) is 13.4. The summed E-state index contributed by atoms with van der Waals surface area (Å²) < 4.78 is 2.42. The monoisotopic (exact) mass is 547 g/mol. The first-order valence-electron chi connectivity index (χ1n) is 14.8. The van der Waals surface area contributed by atoms with Crippen LogP contribution in [0, 0.1) is 0 Å². The number of benzene rings is 7. The zero-order chi connectivity index (χ0) is 28.6. The van der Waals surface area contributed by atoms with Gasteiger partial charge in [-0.05, 0) is 57.1 Å². The zero-order valence-electron chi connectivity index (χ0n) is 23.7. The molecule has 0 amide bonds. The van der Waals surface area contributed by atoms with Gasteiger partial charge in [0.2, 0.25) is 0 Å².